The van der Waals surface area contributed by atoms with Crippen molar-refractivity contribution < 1.29 is 19.2 Å². The van der Waals surface area contributed by atoms with Gasteiger partial charge in [-0.3, -0.25) is 39.2 Å². The number of hydrogen-bond acceptors (Lipinski definition) is 6. The summed E-state index contributed by atoms with van der Waals surface area (Å²) in [5, 5.41) is 6.84. The molecular formula is C24H42N4O4S2. The molecule has 4 aliphatic heterocycles. The highest BCUT2D eigenvalue weighted by Gasteiger charge is 2.28. The molecule has 4 rings (SSSR count). The number of carbonyl (C=O) groups is 4. The molecule has 4 fully saturated rings. The summed E-state index contributed by atoms with van der Waals surface area (Å²) in [5.74, 6) is 0.529. The summed E-state index contributed by atoms with van der Waals surface area (Å²) in [6, 6.07) is 0. The first-order valence-corrected chi connectivity index (χ1v) is 14.6. The van der Waals surface area contributed by atoms with Gasteiger partial charge in [-0.15, -0.1) is 23.3 Å². The third-order valence-electron chi connectivity index (χ3n) is 6.78. The van der Waals surface area contributed by atoms with Crippen molar-refractivity contribution in [3.8, 4) is 0 Å². The van der Waals surface area contributed by atoms with Gasteiger partial charge in [-0.2, -0.15) is 0 Å². The third kappa shape index (κ3) is 8.98. The predicted octanol–water partition coefficient (Wildman–Crippen LogP) is 4.17. The molecule has 0 aliphatic carbocycles. The molecule has 0 N–H and O–H groups in total. The van der Waals surface area contributed by atoms with Crippen LogP contribution in [-0.4, -0.2) is 69.8 Å². The molecule has 34 heavy (non-hydrogen) atoms. The largest absolute Gasteiger partial charge is 0.273 e. The van der Waals surface area contributed by atoms with Crippen LogP contribution in [0.4, 0.5) is 0 Å². The third-order valence-corrected chi connectivity index (χ3v) is 6.78. The lowest BCUT2D eigenvalue weighted by Gasteiger charge is -2.33. The second-order valence-electron chi connectivity index (χ2n) is 9.31. The molecule has 4 saturated heterocycles. The van der Waals surface area contributed by atoms with Crippen LogP contribution in [0.15, 0.2) is 0 Å². The van der Waals surface area contributed by atoms with E-state index in [1.165, 1.54) is 0 Å². The summed E-state index contributed by atoms with van der Waals surface area (Å²) >= 11 is 6.44. The molecular weight excluding hydrogens is 472 g/mol. The maximum absolute atomic E-state index is 11.9. The lowest BCUT2D eigenvalue weighted by molar-refractivity contribution is -0.162. The van der Waals surface area contributed by atoms with E-state index in [2.05, 4.69) is 23.3 Å². The average Bonchev–Trinajstić information content (AvgIpc) is 3.36. The summed E-state index contributed by atoms with van der Waals surface area (Å²) in [6.45, 7) is 2.91. The molecule has 0 aromatic carbocycles. The van der Waals surface area contributed by atoms with Crippen LogP contribution < -0.4 is 0 Å². The molecule has 4 amide bonds. The van der Waals surface area contributed by atoms with Crippen LogP contribution in [-0.2, 0) is 19.2 Å². The van der Waals surface area contributed by atoms with Gasteiger partial charge in [0.15, 0.2) is 0 Å². The van der Waals surface area contributed by atoms with Gasteiger partial charge in [-0.25, -0.2) is 0 Å². The van der Waals surface area contributed by atoms with E-state index in [4.69, 9.17) is 0 Å². The van der Waals surface area contributed by atoms with Gasteiger partial charge in [0, 0.05) is 51.9 Å². The molecule has 0 saturated carbocycles. The van der Waals surface area contributed by atoms with Crippen molar-refractivity contribution in [1.29, 1.82) is 0 Å². The molecule has 0 bridgehead atoms. The number of carbonyl (C=O) groups excluding carboxylic acids is 4. The zero-order chi connectivity index (χ0) is 24.8. The van der Waals surface area contributed by atoms with E-state index in [1.54, 1.807) is 20.0 Å². The van der Waals surface area contributed by atoms with E-state index in [-0.39, 0.29) is 23.6 Å². The Morgan fingerprint density at radius 3 is 0.765 bits per heavy atom. The monoisotopic (exact) mass is 514 g/mol. The molecule has 0 atom stereocenters. The lowest BCUT2D eigenvalue weighted by Crippen LogP contribution is -2.49. The second-order valence-corrected chi connectivity index (χ2v) is 9.31. The number of hydrogen-bond donors (Lipinski definition) is 2. The predicted molar refractivity (Wildman–Crippen MR) is 139 cm³/mol. The summed E-state index contributed by atoms with van der Waals surface area (Å²) < 4.78 is 0. The Kier molecular flexibility index (Phi) is 13.8. The smallest absolute Gasteiger partial charge is 0.241 e. The van der Waals surface area contributed by atoms with Crippen LogP contribution in [0, 0.1) is 0 Å². The number of rotatable bonds is 2. The first-order chi connectivity index (χ1) is 16.6. The Labute approximate surface area is 214 Å². The minimum absolute atomic E-state index is 0.132. The van der Waals surface area contributed by atoms with Crippen LogP contribution in [0.25, 0.3) is 0 Å². The standard InChI is InChI=1S/2C12H20N2O2.H2S2/c2*15-11-7-3-1-5-9-13(11)14-10-6-2-4-8-12(14)16;1-2/h2*1-10H2;1-2H. The van der Waals surface area contributed by atoms with E-state index in [0.29, 0.717) is 25.7 Å². The quantitative estimate of drug-likeness (QED) is 0.428. The Morgan fingerprint density at radius 1 is 0.353 bits per heavy atom. The van der Waals surface area contributed by atoms with Crippen molar-refractivity contribution >= 4 is 47.0 Å². The minimum atomic E-state index is 0.132. The SMILES string of the molecule is O=C1CCCCCN1N1CCCCCC1=O.O=C1CCCCCN1N1CCCCCC1=O.SS. The number of nitrogens with zero attached hydrogens (tertiary/aromatic N) is 4. The highest BCUT2D eigenvalue weighted by molar-refractivity contribution is 8.59. The van der Waals surface area contributed by atoms with Crippen molar-refractivity contribution in [2.24, 2.45) is 0 Å². The normalized spacial score (nSPS) is 23.0. The second kappa shape index (κ2) is 16.3. The van der Waals surface area contributed by atoms with Crippen LogP contribution in [0.5, 0.6) is 0 Å². The number of thiol groups is 2. The maximum atomic E-state index is 11.9. The number of hydrazine groups is 2. The van der Waals surface area contributed by atoms with Gasteiger partial charge in [0.25, 0.3) is 0 Å². The first-order valence-electron chi connectivity index (χ1n) is 13.0. The zero-order valence-electron chi connectivity index (χ0n) is 20.5. The van der Waals surface area contributed by atoms with Crippen molar-refractivity contribution in [2.45, 2.75) is 103 Å². The molecule has 0 spiro atoms. The molecule has 10 heteroatoms. The first kappa shape index (κ1) is 28.8. The molecule has 4 heterocycles. The van der Waals surface area contributed by atoms with Gasteiger partial charge in [0.1, 0.15) is 0 Å². The Bertz CT molecular complexity index is 567. The molecule has 0 aromatic rings. The summed E-state index contributed by atoms with van der Waals surface area (Å²) in [4.78, 5) is 47.6. The van der Waals surface area contributed by atoms with Crippen molar-refractivity contribution in [1.82, 2.24) is 20.0 Å². The Morgan fingerprint density at radius 2 is 0.559 bits per heavy atom. The topological polar surface area (TPSA) is 81.2 Å². The van der Waals surface area contributed by atoms with Gasteiger partial charge in [-0.05, 0) is 51.4 Å². The molecule has 4 aliphatic rings. The number of amides is 4. The molecule has 0 unspecified atom stereocenters. The fourth-order valence-corrected chi connectivity index (χ4v) is 4.89. The van der Waals surface area contributed by atoms with E-state index < -0.39 is 0 Å². The van der Waals surface area contributed by atoms with Gasteiger partial charge >= 0.3 is 0 Å². The molecule has 0 radical (unpaired) electrons. The van der Waals surface area contributed by atoms with Crippen LogP contribution in [0.2, 0.25) is 0 Å². The van der Waals surface area contributed by atoms with Crippen molar-refractivity contribution in [3.63, 3.8) is 0 Å². The Balaban J connectivity index is 0.000000224. The fourth-order valence-electron chi connectivity index (χ4n) is 4.89. The summed E-state index contributed by atoms with van der Waals surface area (Å²) in [7, 11) is 0. The van der Waals surface area contributed by atoms with E-state index >= 15 is 0 Å². The van der Waals surface area contributed by atoms with Crippen molar-refractivity contribution in [2.75, 3.05) is 26.2 Å². The van der Waals surface area contributed by atoms with Crippen LogP contribution in [0.1, 0.15) is 103 Å². The van der Waals surface area contributed by atoms with Gasteiger partial charge in [0.2, 0.25) is 23.6 Å². The van der Waals surface area contributed by atoms with E-state index in [1.807, 2.05) is 0 Å². The fraction of sp³-hybridized carbons (Fsp3) is 0.833. The summed E-state index contributed by atoms with van der Waals surface area (Å²) in [5.41, 5.74) is 0. The average molecular weight is 515 g/mol. The van der Waals surface area contributed by atoms with E-state index in [0.717, 1.165) is 103 Å². The molecule has 0 aromatic heterocycles. The molecule has 194 valence electrons. The zero-order valence-corrected chi connectivity index (χ0v) is 22.2. The van der Waals surface area contributed by atoms with Gasteiger partial charge < -0.3 is 0 Å². The lowest BCUT2D eigenvalue weighted by atomic mass is 10.2. The van der Waals surface area contributed by atoms with Gasteiger partial charge in [0.05, 0.1) is 0 Å². The Hall–Kier alpha value is -1.42. The molecule has 8 nitrogen and oxygen atoms in total. The minimum Gasteiger partial charge on any atom is -0.273 e. The van der Waals surface area contributed by atoms with E-state index in [9.17, 15) is 19.2 Å². The van der Waals surface area contributed by atoms with Crippen LogP contribution in [0.3, 0.4) is 0 Å². The highest BCUT2D eigenvalue weighted by atomic mass is 33.1. The van der Waals surface area contributed by atoms with Gasteiger partial charge in [-0.1, -0.05) is 25.7 Å². The maximum Gasteiger partial charge on any atom is 0.241 e. The highest BCUT2D eigenvalue weighted by Crippen LogP contribution is 2.19. The van der Waals surface area contributed by atoms with Crippen molar-refractivity contribution in [3.05, 3.63) is 0 Å². The summed E-state index contributed by atoms with van der Waals surface area (Å²) in [6.07, 6.45) is 14.8. The van der Waals surface area contributed by atoms with Crippen LogP contribution >= 0.6 is 23.3 Å².